The fourth-order valence-corrected chi connectivity index (χ4v) is 5.47. The van der Waals surface area contributed by atoms with Crippen LogP contribution in [0, 0.1) is 17.8 Å². The first-order valence-electron chi connectivity index (χ1n) is 12.2. The van der Waals surface area contributed by atoms with Crippen LogP contribution in [-0.4, -0.2) is 83.8 Å². The summed E-state index contributed by atoms with van der Waals surface area (Å²) < 4.78 is 1.49. The highest BCUT2D eigenvalue weighted by Crippen LogP contribution is 2.52. The molecule has 1 aromatic heterocycles. The molecule has 4 atom stereocenters. The van der Waals surface area contributed by atoms with Crippen LogP contribution >= 0.6 is 0 Å². The third-order valence-electron chi connectivity index (χ3n) is 7.48. The topological polar surface area (TPSA) is 135 Å². The van der Waals surface area contributed by atoms with Crippen molar-refractivity contribution in [3.8, 4) is 5.69 Å². The maximum absolute atomic E-state index is 12.6. The molecule has 5 rings (SSSR count). The maximum Gasteiger partial charge on any atom is 0.354 e. The minimum absolute atomic E-state index is 0.153. The summed E-state index contributed by atoms with van der Waals surface area (Å²) in [6, 6.07) is 9.57. The lowest BCUT2D eigenvalue weighted by molar-refractivity contribution is 0.204. The molecule has 2 aliphatic heterocycles. The Kier molecular flexibility index (Phi) is 6.64. The Bertz CT molecular complexity index is 1050. The van der Waals surface area contributed by atoms with Gasteiger partial charge in [0, 0.05) is 64.6 Å². The fourth-order valence-electron chi connectivity index (χ4n) is 5.47. The molecule has 0 bridgehead atoms. The predicted octanol–water partition coefficient (Wildman–Crippen LogP) is -0.324. The van der Waals surface area contributed by atoms with Crippen molar-refractivity contribution in [1.82, 2.24) is 24.7 Å². The number of anilines is 1. The van der Waals surface area contributed by atoms with Gasteiger partial charge in [0.1, 0.15) is 5.82 Å². The molecule has 1 aliphatic carbocycles. The molecule has 3 heterocycles. The standard InChI is InChI=1S/C24H34N8O2/c25-13-20(26)22-18-14-30(15-19(18)22)9-5-16-1-3-17(4-2-16)32-10-6-21(29-24(32)34)28-23(33)31-11-7-27-8-12-31/h1-4,6,10,18-20,22,27H,5,7-9,11-15,25-26H2,(H,28,29,33,34)/t18-,19+,20?,22?. The molecule has 0 spiro atoms. The summed E-state index contributed by atoms with van der Waals surface area (Å²) >= 11 is 0. The number of carbonyl (C=O) groups is 1. The Balaban J connectivity index is 1.13. The smallest absolute Gasteiger partial charge is 0.329 e. The minimum atomic E-state index is -0.424. The number of nitrogens with zero attached hydrogens (tertiary/aromatic N) is 4. The number of hydrogen-bond donors (Lipinski definition) is 4. The molecule has 2 saturated heterocycles. The number of nitrogens with one attached hydrogen (secondary N) is 2. The SMILES string of the molecule is NCC(N)C1[C@H]2CN(CCc3ccc(-n4ccc(NC(=O)N5CCNCC5)nc4=O)cc3)C[C@@H]12. The quantitative estimate of drug-likeness (QED) is 0.439. The summed E-state index contributed by atoms with van der Waals surface area (Å²) in [4.78, 5) is 33.2. The number of rotatable bonds is 7. The van der Waals surface area contributed by atoms with Gasteiger partial charge in [-0.1, -0.05) is 12.1 Å². The second-order valence-corrected chi connectivity index (χ2v) is 9.61. The lowest BCUT2D eigenvalue weighted by Crippen LogP contribution is -2.48. The van der Waals surface area contributed by atoms with E-state index in [1.165, 1.54) is 10.1 Å². The highest BCUT2D eigenvalue weighted by molar-refractivity contribution is 5.88. The number of nitrogens with two attached hydrogens (primary N) is 2. The molecular formula is C24H34N8O2. The van der Waals surface area contributed by atoms with Gasteiger partial charge in [0.05, 0.1) is 5.69 Å². The highest BCUT2D eigenvalue weighted by atomic mass is 16.2. The van der Waals surface area contributed by atoms with E-state index in [-0.39, 0.29) is 17.9 Å². The van der Waals surface area contributed by atoms with E-state index in [9.17, 15) is 9.59 Å². The molecule has 0 radical (unpaired) electrons. The Labute approximate surface area is 199 Å². The first-order chi connectivity index (χ1) is 16.5. The minimum Gasteiger partial charge on any atom is -0.329 e. The molecule has 34 heavy (non-hydrogen) atoms. The monoisotopic (exact) mass is 466 g/mol. The number of benzene rings is 1. The van der Waals surface area contributed by atoms with Crippen molar-refractivity contribution >= 4 is 11.8 Å². The summed E-state index contributed by atoms with van der Waals surface area (Å²) in [6.07, 6.45) is 2.62. The van der Waals surface area contributed by atoms with Gasteiger partial charge >= 0.3 is 11.7 Å². The van der Waals surface area contributed by atoms with E-state index < -0.39 is 5.69 Å². The predicted molar refractivity (Wildman–Crippen MR) is 131 cm³/mol. The molecule has 10 nitrogen and oxygen atoms in total. The van der Waals surface area contributed by atoms with E-state index in [2.05, 4.69) is 32.7 Å². The first-order valence-corrected chi connectivity index (χ1v) is 12.2. The third kappa shape index (κ3) is 4.85. The van der Waals surface area contributed by atoms with Crippen molar-refractivity contribution in [2.45, 2.75) is 12.5 Å². The van der Waals surface area contributed by atoms with E-state index >= 15 is 0 Å². The number of fused-ring (bicyclic) bond motifs is 1. The normalized spacial score (nSPS) is 25.1. The summed E-state index contributed by atoms with van der Waals surface area (Å²) in [5.74, 6) is 2.34. The molecule has 1 saturated carbocycles. The van der Waals surface area contributed by atoms with Crippen molar-refractivity contribution < 1.29 is 4.79 Å². The van der Waals surface area contributed by atoms with Crippen LogP contribution in [0.3, 0.4) is 0 Å². The Morgan fingerprint density at radius 3 is 2.50 bits per heavy atom. The van der Waals surface area contributed by atoms with Crippen LogP contribution in [0.2, 0.25) is 0 Å². The van der Waals surface area contributed by atoms with Crippen LogP contribution in [0.15, 0.2) is 41.3 Å². The van der Waals surface area contributed by atoms with Crippen LogP contribution in [0.1, 0.15) is 5.56 Å². The number of piperazine rings is 1. The van der Waals surface area contributed by atoms with E-state index in [1.54, 1.807) is 17.2 Å². The van der Waals surface area contributed by atoms with E-state index in [0.717, 1.165) is 56.7 Å². The number of urea groups is 1. The van der Waals surface area contributed by atoms with Crippen LogP contribution in [0.4, 0.5) is 10.6 Å². The van der Waals surface area contributed by atoms with Gasteiger partial charge in [-0.3, -0.25) is 9.88 Å². The average Bonchev–Trinajstić information content (AvgIpc) is 3.37. The molecule has 2 amide bonds. The van der Waals surface area contributed by atoms with Gasteiger partial charge in [0.2, 0.25) is 0 Å². The molecule has 3 aliphatic rings. The van der Waals surface area contributed by atoms with Crippen molar-refractivity contribution in [3.63, 3.8) is 0 Å². The number of aromatic nitrogens is 2. The molecule has 2 unspecified atom stereocenters. The van der Waals surface area contributed by atoms with Gasteiger partial charge < -0.3 is 26.6 Å². The van der Waals surface area contributed by atoms with Crippen molar-refractivity contribution in [2.75, 3.05) is 57.7 Å². The molecular weight excluding hydrogens is 432 g/mol. The zero-order valence-electron chi connectivity index (χ0n) is 19.4. The Morgan fingerprint density at radius 1 is 1.15 bits per heavy atom. The third-order valence-corrected chi connectivity index (χ3v) is 7.48. The average molecular weight is 467 g/mol. The maximum atomic E-state index is 12.6. The number of hydrogen-bond acceptors (Lipinski definition) is 7. The van der Waals surface area contributed by atoms with Crippen LogP contribution in [0.25, 0.3) is 5.69 Å². The van der Waals surface area contributed by atoms with Gasteiger partial charge in [0.15, 0.2) is 0 Å². The van der Waals surface area contributed by atoms with Gasteiger partial charge in [-0.2, -0.15) is 4.98 Å². The van der Waals surface area contributed by atoms with E-state index in [0.29, 0.717) is 25.6 Å². The lowest BCUT2D eigenvalue weighted by atomic mass is 10.1. The largest absolute Gasteiger partial charge is 0.354 e. The fraction of sp³-hybridized carbons (Fsp3) is 0.542. The van der Waals surface area contributed by atoms with Gasteiger partial charge in [-0.15, -0.1) is 0 Å². The first kappa shape index (κ1) is 23.0. The van der Waals surface area contributed by atoms with E-state index in [4.69, 9.17) is 11.5 Å². The van der Waals surface area contributed by atoms with Crippen molar-refractivity contribution in [2.24, 2.45) is 29.2 Å². The van der Waals surface area contributed by atoms with Crippen LogP contribution < -0.4 is 27.8 Å². The lowest BCUT2D eigenvalue weighted by Gasteiger charge is -2.27. The summed E-state index contributed by atoms with van der Waals surface area (Å²) in [7, 11) is 0. The summed E-state index contributed by atoms with van der Waals surface area (Å²) in [5.41, 5.74) is 13.4. The number of piperidine rings is 1. The van der Waals surface area contributed by atoms with E-state index in [1.807, 2.05) is 12.1 Å². The second kappa shape index (κ2) is 9.83. The molecule has 6 N–H and O–H groups in total. The molecule has 10 heteroatoms. The molecule has 2 aromatic rings. The van der Waals surface area contributed by atoms with Crippen molar-refractivity contribution in [1.29, 1.82) is 0 Å². The van der Waals surface area contributed by atoms with Gasteiger partial charge in [-0.05, 0) is 47.9 Å². The number of carbonyl (C=O) groups excluding carboxylic acids is 1. The second-order valence-electron chi connectivity index (χ2n) is 9.61. The Morgan fingerprint density at radius 2 is 1.85 bits per heavy atom. The summed E-state index contributed by atoms with van der Waals surface area (Å²) in [6.45, 7) is 6.66. The molecule has 1 aromatic carbocycles. The Hall–Kier alpha value is -2.79. The number of amides is 2. The molecule has 182 valence electrons. The molecule has 3 fully saturated rings. The van der Waals surface area contributed by atoms with Crippen LogP contribution in [-0.2, 0) is 6.42 Å². The highest BCUT2D eigenvalue weighted by Gasteiger charge is 2.57. The summed E-state index contributed by atoms with van der Waals surface area (Å²) in [5, 5.41) is 5.92. The van der Waals surface area contributed by atoms with Crippen molar-refractivity contribution in [3.05, 3.63) is 52.6 Å². The zero-order chi connectivity index (χ0) is 23.7. The van der Waals surface area contributed by atoms with Gasteiger partial charge in [0.25, 0.3) is 0 Å². The van der Waals surface area contributed by atoms with Gasteiger partial charge in [-0.25, -0.2) is 9.59 Å². The number of likely N-dealkylation sites (tertiary alicyclic amines) is 1. The zero-order valence-corrected chi connectivity index (χ0v) is 19.4. The van der Waals surface area contributed by atoms with Crippen LogP contribution in [0.5, 0.6) is 0 Å².